The molecular formula is C20H21ClN4OS2. The van der Waals surface area contributed by atoms with Crippen molar-refractivity contribution >= 4 is 40.2 Å². The van der Waals surface area contributed by atoms with Crippen molar-refractivity contribution in [1.82, 2.24) is 14.3 Å². The first-order chi connectivity index (χ1) is 13.8. The van der Waals surface area contributed by atoms with Crippen LogP contribution in [0.3, 0.4) is 0 Å². The summed E-state index contributed by atoms with van der Waals surface area (Å²) in [6.07, 6.45) is 3.77. The first kappa shape index (κ1) is 19.5. The van der Waals surface area contributed by atoms with Gasteiger partial charge in [-0.3, -0.25) is 4.90 Å². The molecular weight excluding hydrogens is 412 g/mol. The molecule has 1 fully saturated rings. The number of hydrogen-bond acceptors (Lipinski definition) is 7. The van der Waals surface area contributed by atoms with E-state index in [0.717, 1.165) is 48.3 Å². The fourth-order valence-corrected chi connectivity index (χ4v) is 4.59. The molecule has 0 aliphatic carbocycles. The second-order valence-electron chi connectivity index (χ2n) is 6.62. The minimum absolute atomic E-state index is 0.211. The maximum Gasteiger partial charge on any atom is 0.212 e. The zero-order valence-corrected chi connectivity index (χ0v) is 17.6. The highest BCUT2D eigenvalue weighted by atomic mass is 35.5. The van der Waals surface area contributed by atoms with Gasteiger partial charge in [0.15, 0.2) is 0 Å². The molecule has 0 atom stereocenters. The van der Waals surface area contributed by atoms with Gasteiger partial charge >= 0.3 is 0 Å². The van der Waals surface area contributed by atoms with Gasteiger partial charge in [-0.2, -0.15) is 4.37 Å². The number of aromatic nitrogens is 2. The minimum atomic E-state index is 0.211. The SMILES string of the molecule is Clc1cc(SNc2ncns2)ccc1OC1CCN(Cc2ccccc2)CC1. The zero-order valence-electron chi connectivity index (χ0n) is 15.3. The van der Waals surface area contributed by atoms with Crippen molar-refractivity contribution in [3.8, 4) is 5.75 Å². The number of nitrogens with zero attached hydrogens (tertiary/aromatic N) is 3. The van der Waals surface area contributed by atoms with E-state index in [9.17, 15) is 0 Å². The van der Waals surface area contributed by atoms with Crippen LogP contribution in [0.1, 0.15) is 18.4 Å². The second kappa shape index (κ2) is 9.60. The van der Waals surface area contributed by atoms with Gasteiger partial charge in [0.05, 0.1) is 5.02 Å². The lowest BCUT2D eigenvalue weighted by Gasteiger charge is -2.32. The van der Waals surface area contributed by atoms with E-state index in [1.54, 1.807) is 0 Å². The third kappa shape index (κ3) is 5.38. The van der Waals surface area contributed by atoms with Crippen LogP contribution in [-0.4, -0.2) is 33.5 Å². The van der Waals surface area contributed by atoms with Crippen LogP contribution in [0.25, 0.3) is 0 Å². The Morgan fingerprint density at radius 1 is 1.18 bits per heavy atom. The lowest BCUT2D eigenvalue weighted by molar-refractivity contribution is 0.0968. The number of halogens is 1. The fourth-order valence-electron chi connectivity index (χ4n) is 3.17. The summed E-state index contributed by atoms with van der Waals surface area (Å²) in [5, 5.41) is 1.40. The number of benzene rings is 2. The highest BCUT2D eigenvalue weighted by Crippen LogP contribution is 2.32. The highest BCUT2D eigenvalue weighted by molar-refractivity contribution is 8.00. The van der Waals surface area contributed by atoms with Crippen LogP contribution in [0.15, 0.2) is 59.8 Å². The third-order valence-corrected chi connectivity index (χ3v) is 6.39. The fraction of sp³-hybridized carbons (Fsp3) is 0.300. The average Bonchev–Trinajstić information content (AvgIpc) is 3.24. The number of anilines is 1. The van der Waals surface area contributed by atoms with E-state index in [4.69, 9.17) is 16.3 Å². The molecule has 1 aliphatic heterocycles. The number of ether oxygens (including phenoxy) is 1. The van der Waals surface area contributed by atoms with Gasteiger partial charge in [0, 0.05) is 36.1 Å². The first-order valence-electron chi connectivity index (χ1n) is 9.18. The molecule has 0 saturated carbocycles. The molecule has 28 heavy (non-hydrogen) atoms. The Morgan fingerprint density at radius 2 is 2.00 bits per heavy atom. The zero-order chi connectivity index (χ0) is 19.2. The summed E-state index contributed by atoms with van der Waals surface area (Å²) in [4.78, 5) is 7.58. The van der Waals surface area contributed by atoms with Crippen LogP contribution in [0.4, 0.5) is 5.13 Å². The summed E-state index contributed by atoms with van der Waals surface area (Å²) in [6.45, 7) is 3.08. The second-order valence-corrected chi connectivity index (χ2v) is 8.69. The summed E-state index contributed by atoms with van der Waals surface area (Å²) >= 11 is 9.22. The van der Waals surface area contributed by atoms with E-state index in [0.29, 0.717) is 5.02 Å². The van der Waals surface area contributed by atoms with Gasteiger partial charge in [-0.25, -0.2) is 4.98 Å². The van der Waals surface area contributed by atoms with Crippen molar-refractivity contribution < 1.29 is 4.74 Å². The Bertz CT molecular complexity index is 871. The molecule has 1 saturated heterocycles. The molecule has 0 radical (unpaired) electrons. The van der Waals surface area contributed by atoms with Gasteiger partial charge in [-0.05, 0) is 48.6 Å². The van der Waals surface area contributed by atoms with Crippen LogP contribution in [0.5, 0.6) is 5.75 Å². The number of likely N-dealkylation sites (tertiary alicyclic amines) is 1. The lowest BCUT2D eigenvalue weighted by atomic mass is 10.1. The van der Waals surface area contributed by atoms with Crippen LogP contribution in [0, 0.1) is 0 Å². The average molecular weight is 433 g/mol. The minimum Gasteiger partial charge on any atom is -0.489 e. The predicted molar refractivity (Wildman–Crippen MR) is 116 cm³/mol. The molecule has 1 aliphatic rings. The molecule has 0 amide bonds. The Kier molecular flexibility index (Phi) is 6.69. The van der Waals surface area contributed by atoms with Gasteiger partial charge in [0.25, 0.3) is 0 Å². The smallest absolute Gasteiger partial charge is 0.212 e. The maximum atomic E-state index is 6.44. The first-order valence-corrected chi connectivity index (χ1v) is 11.1. The van der Waals surface area contributed by atoms with Crippen molar-refractivity contribution in [2.45, 2.75) is 30.4 Å². The topological polar surface area (TPSA) is 50.3 Å². The van der Waals surface area contributed by atoms with Gasteiger partial charge in [0.2, 0.25) is 5.13 Å². The summed E-state index contributed by atoms with van der Waals surface area (Å²) in [7, 11) is 0. The van der Waals surface area contributed by atoms with E-state index >= 15 is 0 Å². The molecule has 0 spiro atoms. The molecule has 0 bridgehead atoms. The van der Waals surface area contributed by atoms with Crippen LogP contribution in [0.2, 0.25) is 5.02 Å². The van der Waals surface area contributed by atoms with Gasteiger partial charge in [-0.1, -0.05) is 41.9 Å². The van der Waals surface area contributed by atoms with Crippen LogP contribution < -0.4 is 9.46 Å². The molecule has 8 heteroatoms. The van der Waals surface area contributed by atoms with Crippen molar-refractivity contribution in [1.29, 1.82) is 0 Å². The van der Waals surface area contributed by atoms with Gasteiger partial charge in [0.1, 0.15) is 18.2 Å². The monoisotopic (exact) mass is 432 g/mol. The Morgan fingerprint density at radius 3 is 2.71 bits per heavy atom. The summed E-state index contributed by atoms with van der Waals surface area (Å²) in [5.74, 6) is 0.753. The number of rotatable bonds is 7. The molecule has 1 aromatic heterocycles. The van der Waals surface area contributed by atoms with Gasteiger partial charge in [-0.15, -0.1) is 0 Å². The number of piperidine rings is 1. The van der Waals surface area contributed by atoms with Crippen molar-refractivity contribution in [3.05, 3.63) is 65.4 Å². The standard InChI is InChI=1S/C20H21ClN4OS2/c21-18-12-17(27-24-20-22-14-23-28-20)6-7-19(18)26-16-8-10-25(11-9-16)13-15-4-2-1-3-5-15/h1-7,12,14,16H,8-11,13H2,(H,22,23,24). The molecule has 3 aromatic rings. The number of hydrogen-bond donors (Lipinski definition) is 1. The van der Waals surface area contributed by atoms with E-state index in [-0.39, 0.29) is 6.10 Å². The van der Waals surface area contributed by atoms with Crippen molar-refractivity contribution in [2.24, 2.45) is 0 Å². The Labute approximate surface area is 178 Å². The maximum absolute atomic E-state index is 6.44. The molecule has 2 heterocycles. The van der Waals surface area contributed by atoms with Crippen LogP contribution >= 0.6 is 35.1 Å². The molecule has 2 aromatic carbocycles. The van der Waals surface area contributed by atoms with Crippen molar-refractivity contribution in [3.63, 3.8) is 0 Å². The van der Waals surface area contributed by atoms with E-state index in [2.05, 4.69) is 49.3 Å². The molecule has 1 N–H and O–H groups in total. The summed E-state index contributed by atoms with van der Waals surface area (Å²) in [5.41, 5.74) is 1.36. The Hall–Kier alpha value is -1.80. The summed E-state index contributed by atoms with van der Waals surface area (Å²) < 4.78 is 13.3. The van der Waals surface area contributed by atoms with Crippen molar-refractivity contribution in [2.75, 3.05) is 17.8 Å². The quantitative estimate of drug-likeness (QED) is 0.507. The lowest BCUT2D eigenvalue weighted by Crippen LogP contribution is -2.37. The molecule has 5 nitrogen and oxygen atoms in total. The largest absolute Gasteiger partial charge is 0.489 e. The molecule has 0 unspecified atom stereocenters. The van der Waals surface area contributed by atoms with Gasteiger partial charge < -0.3 is 9.46 Å². The molecule has 4 rings (SSSR count). The summed E-state index contributed by atoms with van der Waals surface area (Å²) in [6, 6.07) is 16.5. The van der Waals surface area contributed by atoms with Crippen LogP contribution in [-0.2, 0) is 6.54 Å². The highest BCUT2D eigenvalue weighted by Gasteiger charge is 2.21. The molecule has 146 valence electrons. The van der Waals surface area contributed by atoms with E-state index < -0.39 is 0 Å². The number of nitrogens with one attached hydrogen (secondary N) is 1. The Balaban J connectivity index is 1.26. The van der Waals surface area contributed by atoms with E-state index in [1.807, 2.05) is 18.2 Å². The predicted octanol–water partition coefficient (Wildman–Crippen LogP) is 5.35. The third-order valence-electron chi connectivity index (χ3n) is 4.60. The van der Waals surface area contributed by atoms with E-state index in [1.165, 1.54) is 35.4 Å². The normalized spacial score (nSPS) is 15.5.